The van der Waals surface area contributed by atoms with Crippen LogP contribution in [-0.4, -0.2) is 10.2 Å². The zero-order valence-electron chi connectivity index (χ0n) is 23.0. The zero-order valence-corrected chi connectivity index (χ0v) is 23.0. The van der Waals surface area contributed by atoms with Gasteiger partial charge >= 0.3 is 0 Å². The monoisotopic (exact) mass is 546 g/mol. The molecule has 0 atom stereocenters. The quantitative estimate of drug-likeness (QED) is 0.148. The maximum absolute atomic E-state index is 12.0. The highest BCUT2D eigenvalue weighted by atomic mass is 16.3. The van der Waals surface area contributed by atoms with Gasteiger partial charge in [-0.3, -0.25) is 0 Å². The van der Waals surface area contributed by atoms with Gasteiger partial charge in [0.25, 0.3) is 0 Å². The molecule has 0 radical (unpaired) electrons. The lowest BCUT2D eigenvalue weighted by Crippen LogP contribution is -2.28. The third-order valence-corrected chi connectivity index (χ3v) is 7.62. The van der Waals surface area contributed by atoms with Crippen molar-refractivity contribution in [2.24, 2.45) is 10.2 Å². The van der Waals surface area contributed by atoms with Gasteiger partial charge in [0, 0.05) is 0 Å². The van der Waals surface area contributed by atoms with E-state index < -0.39 is 11.2 Å². The first-order valence-electron chi connectivity index (χ1n) is 13.9. The lowest BCUT2D eigenvalue weighted by Gasteiger charge is -2.30. The highest BCUT2D eigenvalue weighted by Gasteiger charge is 2.34. The maximum Gasteiger partial charge on any atom is 0.140 e. The first kappa shape index (κ1) is 27.0. The third kappa shape index (κ3) is 5.17. The summed E-state index contributed by atoms with van der Waals surface area (Å²) in [7, 11) is 0. The normalized spacial score (nSPS) is 12.0. The Labute approximate surface area is 245 Å². The predicted octanol–water partition coefficient (Wildman–Crippen LogP) is 8.67. The molecule has 0 unspecified atom stereocenters. The molecule has 0 bridgehead atoms. The fourth-order valence-electron chi connectivity index (χ4n) is 5.37. The van der Waals surface area contributed by atoms with Crippen molar-refractivity contribution in [2.75, 3.05) is 0 Å². The maximum atomic E-state index is 12.0. The number of hydrogen-bond acceptors (Lipinski definition) is 4. The molecule has 0 aliphatic rings. The Kier molecular flexibility index (Phi) is 7.56. The van der Waals surface area contributed by atoms with Crippen LogP contribution in [0, 0.1) is 0 Å². The molecule has 4 heteroatoms. The number of aliphatic hydroxyl groups is 2. The van der Waals surface area contributed by atoms with Crippen LogP contribution in [0.3, 0.4) is 0 Å². The van der Waals surface area contributed by atoms with E-state index in [1.54, 1.807) is 0 Å². The van der Waals surface area contributed by atoms with Crippen LogP contribution in [-0.2, 0) is 11.2 Å². The minimum absolute atomic E-state index is 0.663. The fourth-order valence-corrected chi connectivity index (χ4v) is 5.37. The van der Waals surface area contributed by atoms with Crippen molar-refractivity contribution in [3.05, 3.63) is 203 Å². The van der Waals surface area contributed by atoms with E-state index in [2.05, 4.69) is 10.2 Å². The summed E-state index contributed by atoms with van der Waals surface area (Å²) in [6, 6.07) is 53.6. The predicted molar refractivity (Wildman–Crippen MR) is 167 cm³/mol. The Morgan fingerprint density at radius 3 is 0.738 bits per heavy atom. The molecule has 4 nitrogen and oxygen atoms in total. The molecular formula is C38H30N2O2. The Hall–Kier alpha value is -5.16. The molecule has 0 aromatic heterocycles. The Morgan fingerprint density at radius 1 is 0.286 bits per heavy atom. The summed E-state index contributed by atoms with van der Waals surface area (Å²) in [5, 5.41) is 32.9. The van der Waals surface area contributed by atoms with Gasteiger partial charge in [0.15, 0.2) is 0 Å². The lowest BCUT2D eigenvalue weighted by molar-refractivity contribution is 0.125. The molecular weight excluding hydrogens is 516 g/mol. The summed E-state index contributed by atoms with van der Waals surface area (Å²) in [5.41, 5.74) is 3.35. The van der Waals surface area contributed by atoms with Crippen LogP contribution in [0.15, 0.2) is 180 Å². The van der Waals surface area contributed by atoms with Gasteiger partial charge in [0.1, 0.15) is 11.2 Å². The molecule has 6 aromatic rings. The molecule has 6 aromatic carbocycles. The van der Waals surface area contributed by atoms with Crippen molar-refractivity contribution in [3.8, 4) is 0 Å². The summed E-state index contributed by atoms with van der Waals surface area (Å²) in [4.78, 5) is 0. The van der Waals surface area contributed by atoms with Crippen LogP contribution in [0.5, 0.6) is 0 Å². The first-order chi connectivity index (χ1) is 20.6. The van der Waals surface area contributed by atoms with Crippen LogP contribution < -0.4 is 0 Å². The average Bonchev–Trinajstić information content (AvgIpc) is 3.08. The highest BCUT2D eigenvalue weighted by molar-refractivity contribution is 5.52. The standard InChI is InChI=1S/C38H30N2O2/c41-37(29-13-5-1-6-14-29,30-15-7-2-8-16-30)33-21-25-35(26-22-33)39-40-36-27-23-34(24-28-36)38(42,31-17-9-3-10-18-31)32-19-11-4-12-20-32/h1-28,41-42H. The van der Waals surface area contributed by atoms with E-state index in [0.29, 0.717) is 11.4 Å². The van der Waals surface area contributed by atoms with Crippen LogP contribution in [0.25, 0.3) is 0 Å². The second-order valence-corrected chi connectivity index (χ2v) is 10.2. The van der Waals surface area contributed by atoms with Gasteiger partial charge in [-0.05, 0) is 57.6 Å². The van der Waals surface area contributed by atoms with Gasteiger partial charge in [-0.1, -0.05) is 146 Å². The number of rotatable bonds is 8. The van der Waals surface area contributed by atoms with Crippen LogP contribution in [0.1, 0.15) is 33.4 Å². The fraction of sp³-hybridized carbons (Fsp3) is 0.0526. The van der Waals surface area contributed by atoms with Crippen molar-refractivity contribution >= 4 is 11.4 Å². The van der Waals surface area contributed by atoms with E-state index in [1.165, 1.54) is 0 Å². The molecule has 0 saturated carbocycles. The lowest BCUT2D eigenvalue weighted by atomic mass is 9.80. The summed E-state index contributed by atoms with van der Waals surface area (Å²) in [5.74, 6) is 0. The number of hydrogen-bond donors (Lipinski definition) is 2. The van der Waals surface area contributed by atoms with Crippen LogP contribution >= 0.6 is 0 Å². The smallest absolute Gasteiger partial charge is 0.140 e. The summed E-state index contributed by atoms with van der Waals surface area (Å²) < 4.78 is 0. The number of benzene rings is 6. The molecule has 2 N–H and O–H groups in total. The second-order valence-electron chi connectivity index (χ2n) is 10.2. The van der Waals surface area contributed by atoms with Gasteiger partial charge in [-0.2, -0.15) is 10.2 Å². The van der Waals surface area contributed by atoms with Crippen molar-refractivity contribution in [1.82, 2.24) is 0 Å². The molecule has 0 saturated heterocycles. The average molecular weight is 547 g/mol. The van der Waals surface area contributed by atoms with E-state index in [0.717, 1.165) is 33.4 Å². The van der Waals surface area contributed by atoms with E-state index in [1.807, 2.05) is 170 Å². The molecule has 204 valence electrons. The summed E-state index contributed by atoms with van der Waals surface area (Å²) in [6.45, 7) is 0. The van der Waals surface area contributed by atoms with Gasteiger partial charge in [0.2, 0.25) is 0 Å². The topological polar surface area (TPSA) is 65.2 Å². The molecule has 6 rings (SSSR count). The van der Waals surface area contributed by atoms with E-state index in [-0.39, 0.29) is 0 Å². The largest absolute Gasteiger partial charge is 0.376 e. The molecule has 0 aliphatic heterocycles. The van der Waals surface area contributed by atoms with Gasteiger partial charge in [-0.25, -0.2) is 0 Å². The zero-order chi connectivity index (χ0) is 28.8. The van der Waals surface area contributed by atoms with Crippen molar-refractivity contribution in [3.63, 3.8) is 0 Å². The van der Waals surface area contributed by atoms with Crippen LogP contribution in [0.2, 0.25) is 0 Å². The van der Waals surface area contributed by atoms with Gasteiger partial charge in [0.05, 0.1) is 11.4 Å². The third-order valence-electron chi connectivity index (χ3n) is 7.62. The Balaban J connectivity index is 1.27. The molecule has 0 amide bonds. The Bertz CT molecular complexity index is 1540. The van der Waals surface area contributed by atoms with Gasteiger partial charge in [-0.15, -0.1) is 0 Å². The number of azo groups is 1. The minimum atomic E-state index is -1.30. The van der Waals surface area contributed by atoms with E-state index in [4.69, 9.17) is 0 Å². The second kappa shape index (κ2) is 11.8. The number of nitrogens with zero attached hydrogens (tertiary/aromatic N) is 2. The molecule has 42 heavy (non-hydrogen) atoms. The highest BCUT2D eigenvalue weighted by Crippen LogP contribution is 2.39. The van der Waals surface area contributed by atoms with E-state index in [9.17, 15) is 10.2 Å². The van der Waals surface area contributed by atoms with Crippen molar-refractivity contribution in [2.45, 2.75) is 11.2 Å². The minimum Gasteiger partial charge on any atom is -0.376 e. The molecule has 0 heterocycles. The summed E-state index contributed by atoms with van der Waals surface area (Å²) >= 11 is 0. The molecule has 0 fully saturated rings. The molecule has 0 aliphatic carbocycles. The van der Waals surface area contributed by atoms with Crippen molar-refractivity contribution in [1.29, 1.82) is 0 Å². The summed E-state index contributed by atoms with van der Waals surface area (Å²) in [6.07, 6.45) is 0. The van der Waals surface area contributed by atoms with Crippen molar-refractivity contribution < 1.29 is 10.2 Å². The Morgan fingerprint density at radius 2 is 0.500 bits per heavy atom. The van der Waals surface area contributed by atoms with E-state index >= 15 is 0 Å². The first-order valence-corrected chi connectivity index (χ1v) is 13.9. The van der Waals surface area contributed by atoms with Gasteiger partial charge < -0.3 is 10.2 Å². The van der Waals surface area contributed by atoms with Crippen LogP contribution in [0.4, 0.5) is 11.4 Å². The molecule has 0 spiro atoms. The SMILES string of the molecule is OC(c1ccccc1)(c1ccccc1)c1ccc(N=Nc2ccc(C(O)(c3ccccc3)c3ccccc3)cc2)cc1.